The van der Waals surface area contributed by atoms with Gasteiger partial charge in [-0.15, -0.1) is 0 Å². The molecule has 1 aliphatic carbocycles. The minimum atomic E-state index is 0.0686. The molecule has 2 aliphatic heterocycles. The Labute approximate surface area is 115 Å². The standard InChI is InChI=1S/C14H25N3O2/c18-14(8-13-9-15-6-7-19-13)17(12-3-4-12)10-11-2-1-5-16-11/h11-13,15-16H,1-10H2/t11-,13-/m1/s1. The SMILES string of the molecule is O=C(C[C@@H]1CNCCO1)N(C[C@H]1CCCN1)C1CC1. The van der Waals surface area contributed by atoms with Crippen LogP contribution in [0.5, 0.6) is 0 Å². The van der Waals surface area contributed by atoms with Gasteiger partial charge in [0.15, 0.2) is 0 Å². The van der Waals surface area contributed by atoms with Crippen molar-refractivity contribution in [1.29, 1.82) is 0 Å². The number of carbonyl (C=O) groups excluding carboxylic acids is 1. The number of nitrogens with zero attached hydrogens (tertiary/aromatic N) is 1. The van der Waals surface area contributed by atoms with E-state index in [9.17, 15) is 4.79 Å². The van der Waals surface area contributed by atoms with Crippen molar-refractivity contribution < 1.29 is 9.53 Å². The normalized spacial score (nSPS) is 31.4. The number of nitrogens with one attached hydrogen (secondary N) is 2. The molecule has 1 amide bonds. The molecule has 3 aliphatic rings. The Morgan fingerprint density at radius 3 is 2.79 bits per heavy atom. The molecule has 0 spiro atoms. The third-order valence-electron chi connectivity index (χ3n) is 4.29. The predicted octanol–water partition coefficient (Wildman–Crippen LogP) is 0.108. The van der Waals surface area contributed by atoms with Crippen LogP contribution in [-0.2, 0) is 9.53 Å². The number of amides is 1. The first-order valence-corrected chi connectivity index (χ1v) is 7.68. The third kappa shape index (κ3) is 3.68. The van der Waals surface area contributed by atoms with Crippen LogP contribution < -0.4 is 10.6 Å². The lowest BCUT2D eigenvalue weighted by Gasteiger charge is -2.29. The molecular weight excluding hydrogens is 242 g/mol. The molecule has 3 fully saturated rings. The van der Waals surface area contributed by atoms with Gasteiger partial charge in [0.25, 0.3) is 0 Å². The molecular formula is C14H25N3O2. The summed E-state index contributed by atoms with van der Waals surface area (Å²) in [7, 11) is 0. The first-order valence-electron chi connectivity index (χ1n) is 7.68. The topological polar surface area (TPSA) is 53.6 Å². The van der Waals surface area contributed by atoms with Crippen molar-refractivity contribution in [3.63, 3.8) is 0 Å². The third-order valence-corrected chi connectivity index (χ3v) is 4.29. The van der Waals surface area contributed by atoms with E-state index in [-0.39, 0.29) is 12.0 Å². The van der Waals surface area contributed by atoms with Gasteiger partial charge in [-0.05, 0) is 32.2 Å². The molecule has 3 rings (SSSR count). The second-order valence-corrected chi connectivity index (χ2v) is 5.97. The van der Waals surface area contributed by atoms with Gasteiger partial charge in [-0.3, -0.25) is 4.79 Å². The van der Waals surface area contributed by atoms with E-state index >= 15 is 0 Å². The van der Waals surface area contributed by atoms with Crippen molar-refractivity contribution in [1.82, 2.24) is 15.5 Å². The molecule has 0 radical (unpaired) electrons. The van der Waals surface area contributed by atoms with Crippen LogP contribution in [0.3, 0.4) is 0 Å². The Bertz CT molecular complexity index is 308. The fraction of sp³-hybridized carbons (Fsp3) is 0.929. The van der Waals surface area contributed by atoms with Crippen molar-refractivity contribution in [2.45, 2.75) is 50.3 Å². The maximum Gasteiger partial charge on any atom is 0.225 e. The van der Waals surface area contributed by atoms with Gasteiger partial charge in [0.2, 0.25) is 5.91 Å². The molecule has 2 atom stereocenters. The molecule has 5 nitrogen and oxygen atoms in total. The fourth-order valence-corrected chi connectivity index (χ4v) is 3.05. The average Bonchev–Trinajstić information content (AvgIpc) is 3.14. The van der Waals surface area contributed by atoms with E-state index in [2.05, 4.69) is 15.5 Å². The summed E-state index contributed by atoms with van der Waals surface area (Å²) in [4.78, 5) is 14.6. The summed E-state index contributed by atoms with van der Waals surface area (Å²) < 4.78 is 5.64. The van der Waals surface area contributed by atoms with Gasteiger partial charge in [0.1, 0.15) is 0 Å². The van der Waals surface area contributed by atoms with Crippen LogP contribution in [0, 0.1) is 0 Å². The zero-order chi connectivity index (χ0) is 13.1. The Hall–Kier alpha value is -0.650. The van der Waals surface area contributed by atoms with Gasteiger partial charge < -0.3 is 20.3 Å². The molecule has 0 aromatic carbocycles. The van der Waals surface area contributed by atoms with Gasteiger partial charge in [-0.1, -0.05) is 0 Å². The molecule has 2 N–H and O–H groups in total. The Morgan fingerprint density at radius 1 is 1.26 bits per heavy atom. The van der Waals surface area contributed by atoms with Crippen LogP contribution in [-0.4, -0.2) is 61.8 Å². The van der Waals surface area contributed by atoms with Gasteiger partial charge in [-0.25, -0.2) is 0 Å². The number of rotatable bonds is 5. The highest BCUT2D eigenvalue weighted by Crippen LogP contribution is 2.28. The van der Waals surface area contributed by atoms with E-state index in [1.165, 1.54) is 25.7 Å². The fourth-order valence-electron chi connectivity index (χ4n) is 3.05. The maximum atomic E-state index is 12.5. The highest BCUT2D eigenvalue weighted by atomic mass is 16.5. The smallest absolute Gasteiger partial charge is 0.225 e. The maximum absolute atomic E-state index is 12.5. The second-order valence-electron chi connectivity index (χ2n) is 5.97. The van der Waals surface area contributed by atoms with E-state index in [1.807, 2.05) is 0 Å². The van der Waals surface area contributed by atoms with Crippen LogP contribution >= 0.6 is 0 Å². The van der Waals surface area contributed by atoms with Crippen molar-refractivity contribution in [3.05, 3.63) is 0 Å². The second kappa shape index (κ2) is 6.20. The molecule has 1 saturated carbocycles. The molecule has 2 heterocycles. The average molecular weight is 267 g/mol. The molecule has 0 bridgehead atoms. The minimum absolute atomic E-state index is 0.0686. The predicted molar refractivity (Wildman–Crippen MR) is 73.0 cm³/mol. The molecule has 108 valence electrons. The Kier molecular flexibility index (Phi) is 4.35. The number of carbonyl (C=O) groups is 1. The lowest BCUT2D eigenvalue weighted by Crippen LogP contribution is -2.46. The van der Waals surface area contributed by atoms with Gasteiger partial charge in [0, 0.05) is 31.7 Å². The number of ether oxygens (including phenoxy) is 1. The first kappa shape index (κ1) is 13.3. The van der Waals surface area contributed by atoms with Gasteiger partial charge >= 0.3 is 0 Å². The Morgan fingerprint density at radius 2 is 2.16 bits per heavy atom. The number of hydrogen-bond acceptors (Lipinski definition) is 4. The van der Waals surface area contributed by atoms with E-state index in [0.717, 1.165) is 32.8 Å². The summed E-state index contributed by atoms with van der Waals surface area (Å²) in [6, 6.07) is 1.02. The summed E-state index contributed by atoms with van der Waals surface area (Å²) >= 11 is 0. The highest BCUT2D eigenvalue weighted by Gasteiger charge is 2.35. The summed E-state index contributed by atoms with van der Waals surface area (Å²) in [5.41, 5.74) is 0. The summed E-state index contributed by atoms with van der Waals surface area (Å²) in [6.45, 7) is 4.44. The quantitative estimate of drug-likeness (QED) is 0.742. The number of morpholine rings is 1. The van der Waals surface area contributed by atoms with E-state index in [0.29, 0.717) is 18.5 Å². The Balaban J connectivity index is 1.51. The van der Waals surface area contributed by atoms with Crippen molar-refractivity contribution in [2.75, 3.05) is 32.8 Å². The summed E-state index contributed by atoms with van der Waals surface area (Å²) in [5.74, 6) is 0.282. The zero-order valence-corrected chi connectivity index (χ0v) is 11.6. The number of hydrogen-bond donors (Lipinski definition) is 2. The van der Waals surface area contributed by atoms with Crippen LogP contribution in [0.4, 0.5) is 0 Å². The monoisotopic (exact) mass is 267 g/mol. The zero-order valence-electron chi connectivity index (χ0n) is 11.6. The minimum Gasteiger partial charge on any atom is -0.375 e. The van der Waals surface area contributed by atoms with Crippen molar-refractivity contribution >= 4 is 5.91 Å². The van der Waals surface area contributed by atoms with Crippen LogP contribution in [0.25, 0.3) is 0 Å². The first-order chi connectivity index (χ1) is 9.33. The van der Waals surface area contributed by atoms with Gasteiger partial charge in [-0.2, -0.15) is 0 Å². The molecule has 0 aromatic rings. The van der Waals surface area contributed by atoms with Crippen LogP contribution in [0.15, 0.2) is 0 Å². The lowest BCUT2D eigenvalue weighted by molar-refractivity contribution is -0.135. The van der Waals surface area contributed by atoms with Crippen LogP contribution in [0.1, 0.15) is 32.1 Å². The molecule has 5 heteroatoms. The van der Waals surface area contributed by atoms with E-state index in [1.54, 1.807) is 0 Å². The molecule has 0 unspecified atom stereocenters. The van der Waals surface area contributed by atoms with Crippen LogP contribution in [0.2, 0.25) is 0 Å². The molecule has 0 aromatic heterocycles. The van der Waals surface area contributed by atoms with Crippen molar-refractivity contribution in [3.8, 4) is 0 Å². The summed E-state index contributed by atoms with van der Waals surface area (Å²) in [5, 5.41) is 6.78. The molecule has 2 saturated heterocycles. The van der Waals surface area contributed by atoms with Gasteiger partial charge in [0.05, 0.1) is 19.1 Å². The highest BCUT2D eigenvalue weighted by molar-refractivity contribution is 5.77. The largest absolute Gasteiger partial charge is 0.375 e. The molecule has 19 heavy (non-hydrogen) atoms. The lowest BCUT2D eigenvalue weighted by atomic mass is 10.1. The van der Waals surface area contributed by atoms with E-state index < -0.39 is 0 Å². The van der Waals surface area contributed by atoms with Crippen molar-refractivity contribution in [2.24, 2.45) is 0 Å². The summed E-state index contributed by atoms with van der Waals surface area (Å²) in [6.07, 6.45) is 5.42. The van der Waals surface area contributed by atoms with E-state index in [4.69, 9.17) is 4.74 Å².